The maximum atomic E-state index is 5.74. The van der Waals surface area contributed by atoms with Crippen molar-refractivity contribution in [2.75, 3.05) is 26.9 Å². The average Bonchev–Trinajstić information content (AvgIpc) is 2.39. The summed E-state index contributed by atoms with van der Waals surface area (Å²) in [5.74, 6) is 1.34. The number of hydrogen-bond donors (Lipinski definition) is 1. The fourth-order valence-corrected chi connectivity index (χ4v) is 1.96. The van der Waals surface area contributed by atoms with E-state index in [0.29, 0.717) is 5.92 Å². The summed E-state index contributed by atoms with van der Waals surface area (Å²) in [6.07, 6.45) is 3.98. The standard InChI is InChI=1S/C13H20N2O2/c1-14-9-12-2-5-15-13(8-12)17-10-11-3-6-16-7-4-11/h2,5,8,11,14H,3-4,6-7,9-10H2,1H3. The van der Waals surface area contributed by atoms with E-state index in [-0.39, 0.29) is 0 Å². The molecule has 0 unspecified atom stereocenters. The van der Waals surface area contributed by atoms with E-state index < -0.39 is 0 Å². The molecular weight excluding hydrogens is 216 g/mol. The zero-order valence-electron chi connectivity index (χ0n) is 10.3. The van der Waals surface area contributed by atoms with Gasteiger partial charge in [-0.15, -0.1) is 0 Å². The zero-order valence-corrected chi connectivity index (χ0v) is 10.3. The third-order valence-electron chi connectivity index (χ3n) is 2.99. The van der Waals surface area contributed by atoms with Gasteiger partial charge in [-0.1, -0.05) is 0 Å². The Balaban J connectivity index is 1.83. The van der Waals surface area contributed by atoms with Crippen molar-refractivity contribution in [3.05, 3.63) is 23.9 Å². The van der Waals surface area contributed by atoms with E-state index in [1.807, 2.05) is 19.2 Å². The molecular formula is C13H20N2O2. The van der Waals surface area contributed by atoms with Crippen molar-refractivity contribution >= 4 is 0 Å². The first kappa shape index (κ1) is 12.3. The smallest absolute Gasteiger partial charge is 0.213 e. The highest BCUT2D eigenvalue weighted by atomic mass is 16.5. The Morgan fingerprint density at radius 1 is 1.47 bits per heavy atom. The molecule has 4 nitrogen and oxygen atoms in total. The van der Waals surface area contributed by atoms with Crippen molar-refractivity contribution in [1.82, 2.24) is 10.3 Å². The molecule has 1 fully saturated rings. The summed E-state index contributed by atoms with van der Waals surface area (Å²) in [7, 11) is 1.93. The van der Waals surface area contributed by atoms with Crippen molar-refractivity contribution < 1.29 is 9.47 Å². The first-order valence-electron chi connectivity index (χ1n) is 6.18. The second-order valence-electron chi connectivity index (χ2n) is 4.40. The quantitative estimate of drug-likeness (QED) is 0.843. The largest absolute Gasteiger partial charge is 0.477 e. The highest BCUT2D eigenvalue weighted by Crippen LogP contribution is 2.17. The minimum Gasteiger partial charge on any atom is -0.477 e. The van der Waals surface area contributed by atoms with Crippen LogP contribution in [-0.4, -0.2) is 31.9 Å². The molecule has 2 rings (SSSR count). The van der Waals surface area contributed by atoms with Crippen LogP contribution >= 0.6 is 0 Å². The molecule has 0 saturated carbocycles. The Hall–Kier alpha value is -1.13. The lowest BCUT2D eigenvalue weighted by Gasteiger charge is -2.21. The van der Waals surface area contributed by atoms with Crippen LogP contribution in [0.3, 0.4) is 0 Å². The van der Waals surface area contributed by atoms with Crippen LogP contribution in [0.4, 0.5) is 0 Å². The summed E-state index contributed by atoms with van der Waals surface area (Å²) >= 11 is 0. The first-order valence-corrected chi connectivity index (χ1v) is 6.18. The van der Waals surface area contributed by atoms with Gasteiger partial charge in [0.05, 0.1) is 6.61 Å². The van der Waals surface area contributed by atoms with Crippen LogP contribution in [0.15, 0.2) is 18.3 Å². The Morgan fingerprint density at radius 2 is 2.29 bits per heavy atom. The SMILES string of the molecule is CNCc1ccnc(OCC2CCOCC2)c1. The van der Waals surface area contributed by atoms with Crippen molar-refractivity contribution in [1.29, 1.82) is 0 Å². The number of ether oxygens (including phenoxy) is 2. The van der Waals surface area contributed by atoms with Crippen LogP contribution < -0.4 is 10.1 Å². The van der Waals surface area contributed by atoms with Gasteiger partial charge < -0.3 is 14.8 Å². The molecule has 0 bridgehead atoms. The molecule has 17 heavy (non-hydrogen) atoms. The minimum absolute atomic E-state index is 0.610. The van der Waals surface area contributed by atoms with Gasteiger partial charge in [0, 0.05) is 32.0 Å². The monoisotopic (exact) mass is 236 g/mol. The molecule has 1 aliphatic heterocycles. The van der Waals surface area contributed by atoms with Gasteiger partial charge in [-0.3, -0.25) is 0 Å². The number of rotatable bonds is 5. The fourth-order valence-electron chi connectivity index (χ4n) is 1.96. The van der Waals surface area contributed by atoms with Crippen LogP contribution in [0.1, 0.15) is 18.4 Å². The van der Waals surface area contributed by atoms with E-state index in [2.05, 4.69) is 10.3 Å². The van der Waals surface area contributed by atoms with Crippen LogP contribution in [0.5, 0.6) is 5.88 Å². The molecule has 0 atom stereocenters. The van der Waals surface area contributed by atoms with Crippen molar-refractivity contribution in [2.24, 2.45) is 5.92 Å². The van der Waals surface area contributed by atoms with Gasteiger partial charge in [0.15, 0.2) is 0 Å². The minimum atomic E-state index is 0.610. The number of aromatic nitrogens is 1. The number of hydrogen-bond acceptors (Lipinski definition) is 4. The van der Waals surface area contributed by atoms with Gasteiger partial charge in [0.2, 0.25) is 5.88 Å². The molecule has 1 saturated heterocycles. The predicted octanol–water partition coefficient (Wildman–Crippen LogP) is 1.61. The summed E-state index contributed by atoms with van der Waals surface area (Å²) in [6.45, 7) is 3.32. The van der Waals surface area contributed by atoms with Crippen LogP contribution in [0.2, 0.25) is 0 Å². The molecule has 4 heteroatoms. The molecule has 0 radical (unpaired) electrons. The molecule has 0 aliphatic carbocycles. The van der Waals surface area contributed by atoms with Gasteiger partial charge in [0.1, 0.15) is 0 Å². The van der Waals surface area contributed by atoms with Gasteiger partial charge in [-0.2, -0.15) is 0 Å². The predicted molar refractivity (Wildman–Crippen MR) is 66.0 cm³/mol. The molecule has 1 aromatic heterocycles. The Bertz CT molecular complexity index is 338. The second-order valence-corrected chi connectivity index (χ2v) is 4.40. The van der Waals surface area contributed by atoms with E-state index in [4.69, 9.17) is 9.47 Å². The van der Waals surface area contributed by atoms with E-state index in [1.165, 1.54) is 5.56 Å². The van der Waals surface area contributed by atoms with Gasteiger partial charge in [-0.25, -0.2) is 4.98 Å². The fraction of sp³-hybridized carbons (Fsp3) is 0.615. The summed E-state index contributed by atoms with van der Waals surface area (Å²) in [6, 6.07) is 3.99. The summed E-state index contributed by atoms with van der Waals surface area (Å²) in [5, 5.41) is 3.12. The normalized spacial score (nSPS) is 17.0. The molecule has 1 aliphatic rings. The van der Waals surface area contributed by atoms with Crippen molar-refractivity contribution in [3.8, 4) is 5.88 Å². The van der Waals surface area contributed by atoms with E-state index in [0.717, 1.165) is 45.1 Å². The topological polar surface area (TPSA) is 43.4 Å². The first-order chi connectivity index (χ1) is 8.38. The lowest BCUT2D eigenvalue weighted by molar-refractivity contribution is 0.0490. The highest BCUT2D eigenvalue weighted by molar-refractivity contribution is 5.20. The van der Waals surface area contributed by atoms with Gasteiger partial charge >= 0.3 is 0 Å². The molecule has 1 aromatic rings. The highest BCUT2D eigenvalue weighted by Gasteiger charge is 2.14. The summed E-state index contributed by atoms with van der Waals surface area (Å²) in [5.41, 5.74) is 1.20. The van der Waals surface area contributed by atoms with Crippen molar-refractivity contribution in [3.63, 3.8) is 0 Å². The van der Waals surface area contributed by atoms with Gasteiger partial charge in [-0.05, 0) is 37.4 Å². The average molecular weight is 236 g/mol. The number of nitrogens with one attached hydrogen (secondary N) is 1. The van der Waals surface area contributed by atoms with Crippen LogP contribution in [0.25, 0.3) is 0 Å². The second kappa shape index (κ2) is 6.57. The molecule has 1 N–H and O–H groups in total. The molecule has 0 amide bonds. The molecule has 0 aromatic carbocycles. The molecule has 94 valence electrons. The van der Waals surface area contributed by atoms with E-state index in [1.54, 1.807) is 6.20 Å². The van der Waals surface area contributed by atoms with Crippen molar-refractivity contribution in [2.45, 2.75) is 19.4 Å². The third kappa shape index (κ3) is 3.98. The maximum Gasteiger partial charge on any atom is 0.213 e. The molecule has 0 spiro atoms. The number of pyridine rings is 1. The lowest BCUT2D eigenvalue weighted by atomic mass is 10.0. The Morgan fingerprint density at radius 3 is 3.06 bits per heavy atom. The van der Waals surface area contributed by atoms with E-state index in [9.17, 15) is 0 Å². The number of nitrogens with zero attached hydrogens (tertiary/aromatic N) is 1. The van der Waals surface area contributed by atoms with Gasteiger partial charge in [0.25, 0.3) is 0 Å². The van der Waals surface area contributed by atoms with Crippen LogP contribution in [-0.2, 0) is 11.3 Å². The maximum absolute atomic E-state index is 5.74. The third-order valence-corrected chi connectivity index (χ3v) is 2.99. The Kier molecular flexibility index (Phi) is 4.76. The zero-order chi connectivity index (χ0) is 11.9. The van der Waals surface area contributed by atoms with E-state index >= 15 is 0 Å². The Labute approximate surface area is 102 Å². The summed E-state index contributed by atoms with van der Waals surface area (Å²) < 4.78 is 11.1. The summed E-state index contributed by atoms with van der Waals surface area (Å²) in [4.78, 5) is 4.22. The lowest BCUT2D eigenvalue weighted by Crippen LogP contribution is -2.21. The van der Waals surface area contributed by atoms with Crippen LogP contribution in [0, 0.1) is 5.92 Å². The molecule has 2 heterocycles.